The predicted molar refractivity (Wildman–Crippen MR) is 152 cm³/mol. The number of benzene rings is 1. The molecule has 3 N–H and O–H groups in total. The van der Waals surface area contributed by atoms with Gasteiger partial charge in [0.1, 0.15) is 11.2 Å². The van der Waals surface area contributed by atoms with Crippen LogP contribution in [0.4, 0.5) is 5.69 Å². The molecule has 0 radical (unpaired) electrons. The molecule has 0 aliphatic carbocycles. The fourth-order valence-electron chi connectivity index (χ4n) is 4.54. The molecule has 0 atom stereocenters. The minimum Gasteiger partial charge on any atom is -0.380 e. The van der Waals surface area contributed by atoms with E-state index >= 15 is 0 Å². The van der Waals surface area contributed by atoms with Crippen LogP contribution in [0.5, 0.6) is 0 Å². The highest BCUT2D eigenvalue weighted by molar-refractivity contribution is 7.15. The van der Waals surface area contributed by atoms with Crippen LogP contribution < -0.4 is 5.32 Å². The molecule has 0 aliphatic rings. The standard InChI is InChI=1S/C29H22N8S/c1-17-7-8-25(38-17)23-15-31-16-24-26(23)35-29(34-24)27-22-10-20(13-33-28(22)37-36-27)19-9-21(14-30-12-19)32-11-18-5-3-2-4-6-18/h2-10,12-16,32H,11H2,1H3,(H,34,35)(H,33,36,37). The summed E-state index contributed by atoms with van der Waals surface area (Å²) in [6.45, 7) is 2.83. The van der Waals surface area contributed by atoms with Crippen LogP contribution >= 0.6 is 11.3 Å². The Morgan fingerprint density at radius 2 is 1.76 bits per heavy atom. The Balaban J connectivity index is 1.24. The van der Waals surface area contributed by atoms with Gasteiger partial charge in [-0.2, -0.15) is 5.10 Å². The maximum Gasteiger partial charge on any atom is 0.181 e. The Labute approximate surface area is 221 Å². The van der Waals surface area contributed by atoms with E-state index in [1.54, 1.807) is 17.5 Å². The largest absolute Gasteiger partial charge is 0.380 e. The first kappa shape index (κ1) is 22.3. The molecule has 7 rings (SSSR count). The van der Waals surface area contributed by atoms with Gasteiger partial charge in [0.2, 0.25) is 0 Å². The molecule has 0 aliphatic heterocycles. The van der Waals surface area contributed by atoms with E-state index in [1.807, 2.05) is 43.0 Å². The third-order valence-corrected chi connectivity index (χ3v) is 7.49. The molecule has 9 heteroatoms. The van der Waals surface area contributed by atoms with Gasteiger partial charge >= 0.3 is 0 Å². The van der Waals surface area contributed by atoms with E-state index in [2.05, 4.69) is 78.8 Å². The number of hydrogen-bond acceptors (Lipinski definition) is 7. The van der Waals surface area contributed by atoms with Crippen LogP contribution in [-0.4, -0.2) is 35.1 Å². The monoisotopic (exact) mass is 514 g/mol. The van der Waals surface area contributed by atoms with E-state index in [9.17, 15) is 0 Å². The molecule has 0 bridgehead atoms. The number of nitrogens with zero attached hydrogens (tertiary/aromatic N) is 5. The number of fused-ring (bicyclic) bond motifs is 2. The van der Waals surface area contributed by atoms with Crippen molar-refractivity contribution in [1.29, 1.82) is 0 Å². The summed E-state index contributed by atoms with van der Waals surface area (Å²) in [5.41, 5.74) is 8.24. The van der Waals surface area contributed by atoms with Gasteiger partial charge in [-0.25, -0.2) is 9.97 Å². The number of aromatic nitrogens is 7. The van der Waals surface area contributed by atoms with Crippen LogP contribution in [0.15, 0.2) is 85.6 Å². The second-order valence-corrected chi connectivity index (χ2v) is 10.4. The number of thiophene rings is 1. The van der Waals surface area contributed by atoms with Gasteiger partial charge in [-0.15, -0.1) is 11.3 Å². The molecule has 0 saturated carbocycles. The van der Waals surface area contributed by atoms with E-state index in [0.29, 0.717) is 11.5 Å². The number of aromatic amines is 2. The third-order valence-electron chi connectivity index (χ3n) is 6.46. The van der Waals surface area contributed by atoms with Crippen molar-refractivity contribution < 1.29 is 0 Å². The molecule has 38 heavy (non-hydrogen) atoms. The lowest BCUT2D eigenvalue weighted by Gasteiger charge is -2.08. The SMILES string of the molecule is Cc1ccc(-c2cncc3[nH]c(-c4[nH]nc5ncc(-c6cncc(NCc7ccccc7)c6)cc45)nc23)s1. The van der Waals surface area contributed by atoms with Gasteiger partial charge in [0.25, 0.3) is 0 Å². The number of hydrogen-bond donors (Lipinski definition) is 3. The number of H-pyrrole nitrogens is 2. The van der Waals surface area contributed by atoms with Gasteiger partial charge in [0.05, 0.1) is 22.8 Å². The summed E-state index contributed by atoms with van der Waals surface area (Å²) in [4.78, 5) is 24.3. The number of rotatable bonds is 6. The number of aryl methyl sites for hydroxylation is 1. The zero-order chi connectivity index (χ0) is 25.5. The van der Waals surface area contributed by atoms with Crippen LogP contribution in [0.2, 0.25) is 0 Å². The zero-order valence-corrected chi connectivity index (χ0v) is 21.3. The highest BCUT2D eigenvalue weighted by Crippen LogP contribution is 2.34. The molecule has 8 nitrogen and oxygen atoms in total. The topological polar surface area (TPSA) is 108 Å². The van der Waals surface area contributed by atoms with Crippen molar-refractivity contribution >= 4 is 39.1 Å². The summed E-state index contributed by atoms with van der Waals surface area (Å²) >= 11 is 1.73. The van der Waals surface area contributed by atoms with E-state index in [4.69, 9.17) is 4.98 Å². The molecule has 0 unspecified atom stereocenters. The molecular weight excluding hydrogens is 492 g/mol. The van der Waals surface area contributed by atoms with Gasteiger partial charge in [-0.05, 0) is 36.8 Å². The molecule has 6 heterocycles. The predicted octanol–water partition coefficient (Wildman–Crippen LogP) is 6.61. The van der Waals surface area contributed by atoms with Crippen molar-refractivity contribution in [2.75, 3.05) is 5.32 Å². The first-order chi connectivity index (χ1) is 18.7. The second kappa shape index (κ2) is 9.20. The van der Waals surface area contributed by atoms with E-state index in [0.717, 1.165) is 55.9 Å². The van der Waals surface area contributed by atoms with Gasteiger partial charge in [0.15, 0.2) is 11.5 Å². The van der Waals surface area contributed by atoms with E-state index in [1.165, 1.54) is 10.4 Å². The lowest BCUT2D eigenvalue weighted by Crippen LogP contribution is -1.99. The van der Waals surface area contributed by atoms with Crippen molar-refractivity contribution in [3.8, 4) is 33.1 Å². The molecule has 0 amide bonds. The van der Waals surface area contributed by atoms with Crippen LogP contribution in [0, 0.1) is 6.92 Å². The summed E-state index contributed by atoms with van der Waals surface area (Å²) in [6, 6.07) is 18.7. The molecular formula is C29H22N8S. The van der Waals surface area contributed by atoms with Crippen LogP contribution in [0.1, 0.15) is 10.4 Å². The highest BCUT2D eigenvalue weighted by atomic mass is 32.1. The van der Waals surface area contributed by atoms with Crippen molar-refractivity contribution in [3.63, 3.8) is 0 Å². The van der Waals surface area contributed by atoms with E-state index < -0.39 is 0 Å². The summed E-state index contributed by atoms with van der Waals surface area (Å²) in [5, 5.41) is 11.9. The summed E-state index contributed by atoms with van der Waals surface area (Å²) < 4.78 is 0. The minimum atomic E-state index is 0.628. The number of anilines is 1. The Hall–Kier alpha value is -4.89. The maximum absolute atomic E-state index is 4.95. The van der Waals surface area contributed by atoms with Gasteiger partial charge in [0, 0.05) is 57.8 Å². The van der Waals surface area contributed by atoms with Gasteiger partial charge < -0.3 is 10.3 Å². The van der Waals surface area contributed by atoms with Crippen LogP contribution in [0.25, 0.3) is 55.2 Å². The zero-order valence-electron chi connectivity index (χ0n) is 20.4. The smallest absolute Gasteiger partial charge is 0.181 e. The molecule has 6 aromatic heterocycles. The summed E-state index contributed by atoms with van der Waals surface area (Å²) in [7, 11) is 0. The molecule has 184 valence electrons. The maximum atomic E-state index is 4.95. The lowest BCUT2D eigenvalue weighted by atomic mass is 10.1. The lowest BCUT2D eigenvalue weighted by molar-refractivity contribution is 1.09. The highest BCUT2D eigenvalue weighted by Gasteiger charge is 2.17. The number of nitrogens with one attached hydrogen (secondary N) is 3. The fraction of sp³-hybridized carbons (Fsp3) is 0.0690. The normalized spacial score (nSPS) is 11.4. The molecule has 0 saturated heterocycles. The Morgan fingerprint density at radius 3 is 2.63 bits per heavy atom. The quantitative estimate of drug-likeness (QED) is 0.231. The van der Waals surface area contributed by atoms with Gasteiger partial charge in [-0.1, -0.05) is 30.3 Å². The number of imidazole rings is 1. The molecule has 0 fully saturated rings. The van der Waals surface area contributed by atoms with Crippen LogP contribution in [0.3, 0.4) is 0 Å². The molecule has 0 spiro atoms. The van der Waals surface area contributed by atoms with Crippen molar-refractivity contribution in [2.24, 2.45) is 0 Å². The van der Waals surface area contributed by atoms with E-state index in [-0.39, 0.29) is 0 Å². The number of pyridine rings is 3. The Bertz CT molecular complexity index is 1900. The second-order valence-electron chi connectivity index (χ2n) is 9.07. The third kappa shape index (κ3) is 4.08. The van der Waals surface area contributed by atoms with Crippen molar-refractivity contribution in [1.82, 2.24) is 35.1 Å². The van der Waals surface area contributed by atoms with Crippen molar-refractivity contribution in [2.45, 2.75) is 13.5 Å². The van der Waals surface area contributed by atoms with Crippen LogP contribution in [-0.2, 0) is 6.54 Å². The summed E-state index contributed by atoms with van der Waals surface area (Å²) in [5.74, 6) is 0.695. The molecule has 7 aromatic rings. The fourth-order valence-corrected chi connectivity index (χ4v) is 5.42. The minimum absolute atomic E-state index is 0.628. The molecule has 1 aromatic carbocycles. The Morgan fingerprint density at radius 1 is 0.895 bits per heavy atom. The Kier molecular flexibility index (Phi) is 5.41. The summed E-state index contributed by atoms with van der Waals surface area (Å²) in [6.07, 6.45) is 9.17. The van der Waals surface area contributed by atoms with Crippen molar-refractivity contribution in [3.05, 3.63) is 96.0 Å². The first-order valence-corrected chi connectivity index (χ1v) is 13.0. The average molecular weight is 515 g/mol. The first-order valence-electron chi connectivity index (χ1n) is 12.2. The average Bonchev–Trinajstić information content (AvgIpc) is 3.70. The van der Waals surface area contributed by atoms with Gasteiger partial charge in [-0.3, -0.25) is 15.1 Å².